The molecule has 0 aliphatic carbocycles. The van der Waals surface area contributed by atoms with Crippen molar-refractivity contribution in [3.63, 3.8) is 0 Å². The van der Waals surface area contributed by atoms with Crippen LogP contribution in [0.3, 0.4) is 0 Å². The van der Waals surface area contributed by atoms with E-state index in [-0.39, 0.29) is 5.91 Å². The highest BCUT2D eigenvalue weighted by atomic mass is 79.9. The van der Waals surface area contributed by atoms with Crippen molar-refractivity contribution in [2.45, 2.75) is 6.92 Å². The van der Waals surface area contributed by atoms with Gasteiger partial charge in [0.05, 0.1) is 11.6 Å². The van der Waals surface area contributed by atoms with E-state index in [1.807, 2.05) is 6.92 Å². The average molecular weight is 370 g/mol. The van der Waals surface area contributed by atoms with Crippen LogP contribution in [0.4, 0.5) is 11.4 Å². The van der Waals surface area contributed by atoms with Crippen molar-refractivity contribution in [2.75, 3.05) is 17.7 Å². The molecule has 6 heteroatoms. The van der Waals surface area contributed by atoms with Crippen molar-refractivity contribution in [2.24, 2.45) is 0 Å². The Morgan fingerprint density at radius 1 is 1.38 bits per heavy atom. The number of carbonyl (C=O) groups is 1. The summed E-state index contributed by atoms with van der Waals surface area (Å²) >= 11 is 9.31. The van der Waals surface area contributed by atoms with Crippen LogP contribution in [0, 0.1) is 0 Å². The first-order valence-electron chi connectivity index (χ1n) is 6.30. The average Bonchev–Trinajstić information content (AvgIpc) is 2.43. The standard InChI is InChI=1S/C15H14BrClN2O2/c1-2-21-13-5-3-4-12(18)14(13)15(20)19-9-6-7-10(16)11(17)8-9/h3-8H,2,18H2,1H3,(H,19,20). The minimum atomic E-state index is -0.338. The van der Waals surface area contributed by atoms with E-state index in [1.54, 1.807) is 36.4 Å². The SMILES string of the molecule is CCOc1cccc(N)c1C(=O)Nc1ccc(Br)c(Cl)c1. The smallest absolute Gasteiger partial charge is 0.261 e. The van der Waals surface area contributed by atoms with E-state index in [9.17, 15) is 4.79 Å². The Morgan fingerprint density at radius 2 is 2.14 bits per heavy atom. The normalized spacial score (nSPS) is 10.2. The topological polar surface area (TPSA) is 64.3 Å². The van der Waals surface area contributed by atoms with E-state index in [2.05, 4.69) is 21.2 Å². The Bertz CT molecular complexity index is 677. The molecule has 2 rings (SSSR count). The van der Waals surface area contributed by atoms with Crippen LogP contribution < -0.4 is 15.8 Å². The largest absolute Gasteiger partial charge is 0.493 e. The summed E-state index contributed by atoms with van der Waals surface area (Å²) in [5.41, 5.74) is 7.15. The second-order valence-corrected chi connectivity index (χ2v) is 5.50. The Labute approximate surface area is 136 Å². The molecule has 0 fully saturated rings. The zero-order chi connectivity index (χ0) is 15.4. The lowest BCUT2D eigenvalue weighted by atomic mass is 10.1. The lowest BCUT2D eigenvalue weighted by Gasteiger charge is -2.13. The lowest BCUT2D eigenvalue weighted by molar-refractivity contribution is 0.102. The molecule has 0 aliphatic heterocycles. The molecule has 0 spiro atoms. The van der Waals surface area contributed by atoms with E-state index in [0.29, 0.717) is 34.3 Å². The van der Waals surface area contributed by atoms with Gasteiger partial charge in [-0.15, -0.1) is 0 Å². The molecule has 0 saturated carbocycles. The second-order valence-electron chi connectivity index (χ2n) is 4.24. The monoisotopic (exact) mass is 368 g/mol. The van der Waals surface area contributed by atoms with Gasteiger partial charge in [0.2, 0.25) is 0 Å². The fourth-order valence-electron chi connectivity index (χ4n) is 1.83. The summed E-state index contributed by atoms with van der Waals surface area (Å²) in [5.74, 6) is 0.119. The van der Waals surface area contributed by atoms with E-state index in [1.165, 1.54) is 0 Å². The predicted octanol–water partition coefficient (Wildman–Crippen LogP) is 4.34. The molecule has 1 amide bonds. The second kappa shape index (κ2) is 6.83. The highest BCUT2D eigenvalue weighted by molar-refractivity contribution is 9.10. The molecule has 2 aromatic rings. The molecule has 0 unspecified atom stereocenters. The number of halogens is 2. The highest BCUT2D eigenvalue weighted by Crippen LogP contribution is 2.28. The quantitative estimate of drug-likeness (QED) is 0.788. The minimum absolute atomic E-state index is 0.318. The maximum Gasteiger partial charge on any atom is 0.261 e. The van der Waals surface area contributed by atoms with Gasteiger partial charge in [-0.25, -0.2) is 0 Å². The number of anilines is 2. The van der Waals surface area contributed by atoms with Gasteiger partial charge < -0.3 is 15.8 Å². The summed E-state index contributed by atoms with van der Waals surface area (Å²) in [5, 5.41) is 3.27. The molecule has 2 aromatic carbocycles. The third-order valence-electron chi connectivity index (χ3n) is 2.76. The predicted molar refractivity (Wildman–Crippen MR) is 89.1 cm³/mol. The van der Waals surface area contributed by atoms with Crippen LogP contribution in [0.25, 0.3) is 0 Å². The van der Waals surface area contributed by atoms with Gasteiger partial charge in [-0.3, -0.25) is 4.79 Å². The Hall–Kier alpha value is -1.72. The Balaban J connectivity index is 2.29. The molecular weight excluding hydrogens is 356 g/mol. The number of rotatable bonds is 4. The first-order valence-corrected chi connectivity index (χ1v) is 7.47. The molecule has 0 radical (unpaired) electrons. The van der Waals surface area contributed by atoms with Gasteiger partial charge in [-0.2, -0.15) is 0 Å². The molecule has 0 bridgehead atoms. The van der Waals surface area contributed by atoms with Crippen molar-refractivity contribution in [3.8, 4) is 5.75 Å². The number of ether oxygens (including phenoxy) is 1. The summed E-state index contributed by atoms with van der Waals surface area (Å²) in [4.78, 5) is 12.4. The third kappa shape index (κ3) is 3.68. The van der Waals surface area contributed by atoms with Crippen LogP contribution in [0.15, 0.2) is 40.9 Å². The van der Waals surface area contributed by atoms with Gasteiger partial charge in [-0.1, -0.05) is 17.7 Å². The molecule has 0 saturated heterocycles. The number of carbonyl (C=O) groups excluding carboxylic acids is 1. The zero-order valence-electron chi connectivity index (χ0n) is 11.3. The van der Waals surface area contributed by atoms with Crippen molar-refractivity contribution in [1.29, 1.82) is 0 Å². The van der Waals surface area contributed by atoms with E-state index < -0.39 is 0 Å². The maximum absolute atomic E-state index is 12.4. The van der Waals surface area contributed by atoms with E-state index in [0.717, 1.165) is 4.47 Å². The first kappa shape index (κ1) is 15.7. The van der Waals surface area contributed by atoms with Gasteiger partial charge >= 0.3 is 0 Å². The van der Waals surface area contributed by atoms with Crippen LogP contribution in [0.1, 0.15) is 17.3 Å². The minimum Gasteiger partial charge on any atom is -0.493 e. The molecule has 0 atom stereocenters. The van der Waals surface area contributed by atoms with Crippen LogP contribution in [0.2, 0.25) is 5.02 Å². The van der Waals surface area contributed by atoms with Crippen molar-refractivity contribution < 1.29 is 9.53 Å². The number of nitrogen functional groups attached to an aromatic ring is 1. The number of benzene rings is 2. The van der Waals surface area contributed by atoms with Gasteiger partial charge in [-0.05, 0) is 53.2 Å². The Morgan fingerprint density at radius 3 is 2.81 bits per heavy atom. The number of hydrogen-bond acceptors (Lipinski definition) is 3. The fourth-order valence-corrected chi connectivity index (χ4v) is 2.26. The van der Waals surface area contributed by atoms with Gasteiger partial charge in [0.1, 0.15) is 11.3 Å². The summed E-state index contributed by atoms with van der Waals surface area (Å²) < 4.78 is 6.21. The first-order chi connectivity index (χ1) is 10.0. The number of nitrogens with two attached hydrogens (primary N) is 1. The summed E-state index contributed by atoms with van der Waals surface area (Å²) in [7, 11) is 0. The van der Waals surface area contributed by atoms with Crippen molar-refractivity contribution in [3.05, 3.63) is 51.5 Å². The maximum atomic E-state index is 12.4. The van der Waals surface area contributed by atoms with E-state index >= 15 is 0 Å². The molecule has 0 aromatic heterocycles. The molecule has 4 nitrogen and oxygen atoms in total. The van der Waals surface area contributed by atoms with Gasteiger partial charge in [0, 0.05) is 15.8 Å². The highest BCUT2D eigenvalue weighted by Gasteiger charge is 2.16. The lowest BCUT2D eigenvalue weighted by Crippen LogP contribution is -2.15. The summed E-state index contributed by atoms with van der Waals surface area (Å²) in [6, 6.07) is 10.3. The van der Waals surface area contributed by atoms with Crippen LogP contribution in [-0.4, -0.2) is 12.5 Å². The third-order valence-corrected chi connectivity index (χ3v) is 4.00. The number of nitrogens with one attached hydrogen (secondary N) is 1. The van der Waals surface area contributed by atoms with E-state index in [4.69, 9.17) is 22.1 Å². The van der Waals surface area contributed by atoms with Crippen molar-refractivity contribution in [1.82, 2.24) is 0 Å². The summed E-state index contributed by atoms with van der Waals surface area (Å²) in [6.07, 6.45) is 0. The molecule has 3 N–H and O–H groups in total. The molecule has 21 heavy (non-hydrogen) atoms. The fraction of sp³-hybridized carbons (Fsp3) is 0.133. The van der Waals surface area contributed by atoms with Crippen LogP contribution >= 0.6 is 27.5 Å². The molecule has 0 aliphatic rings. The number of amides is 1. The van der Waals surface area contributed by atoms with Crippen LogP contribution in [-0.2, 0) is 0 Å². The van der Waals surface area contributed by atoms with Crippen molar-refractivity contribution >= 4 is 44.8 Å². The Kier molecular flexibility index (Phi) is 5.09. The van der Waals surface area contributed by atoms with Gasteiger partial charge in [0.25, 0.3) is 5.91 Å². The van der Waals surface area contributed by atoms with Gasteiger partial charge in [0.15, 0.2) is 0 Å². The molecule has 110 valence electrons. The number of hydrogen-bond donors (Lipinski definition) is 2. The molecule has 0 heterocycles. The molecular formula is C15H14BrClN2O2. The summed E-state index contributed by atoms with van der Waals surface area (Å²) in [6.45, 7) is 2.30. The van der Waals surface area contributed by atoms with Crippen LogP contribution in [0.5, 0.6) is 5.75 Å². The zero-order valence-corrected chi connectivity index (χ0v) is 13.7.